The van der Waals surface area contributed by atoms with Gasteiger partial charge in [0.1, 0.15) is 5.82 Å². The predicted molar refractivity (Wildman–Crippen MR) is 115 cm³/mol. The highest BCUT2D eigenvalue weighted by Crippen LogP contribution is 2.41. The number of nitrogens with two attached hydrogens (primary N) is 1. The van der Waals surface area contributed by atoms with E-state index in [0.717, 1.165) is 19.3 Å². The van der Waals surface area contributed by atoms with Crippen molar-refractivity contribution < 1.29 is 21.6 Å². The van der Waals surface area contributed by atoms with Crippen molar-refractivity contribution in [3.05, 3.63) is 60.4 Å². The third-order valence-corrected chi connectivity index (χ3v) is 6.21. The van der Waals surface area contributed by atoms with E-state index in [2.05, 4.69) is 9.97 Å². The van der Waals surface area contributed by atoms with Gasteiger partial charge in [-0.2, -0.15) is 13.2 Å². The molecule has 1 aromatic heterocycles. The Hall–Kier alpha value is -2.98. The number of nitrogens with zero attached hydrogens (tertiary/aromatic N) is 3. The molecule has 0 radical (unpaired) electrons. The lowest BCUT2D eigenvalue weighted by Crippen LogP contribution is -2.32. The number of halogens is 3. The molecule has 1 aliphatic rings. The molecule has 0 saturated carbocycles. The number of anilines is 1. The van der Waals surface area contributed by atoms with Gasteiger partial charge < -0.3 is 4.90 Å². The molecule has 0 aliphatic carbocycles. The maximum absolute atomic E-state index is 13.7. The summed E-state index contributed by atoms with van der Waals surface area (Å²) in [6.07, 6.45) is -2.12. The summed E-state index contributed by atoms with van der Waals surface area (Å²) < 4.78 is 65.1. The molecule has 2 aromatic carbocycles. The van der Waals surface area contributed by atoms with Gasteiger partial charge >= 0.3 is 6.18 Å². The van der Waals surface area contributed by atoms with Crippen molar-refractivity contribution >= 4 is 15.8 Å². The van der Waals surface area contributed by atoms with E-state index < -0.39 is 22.0 Å². The quantitative estimate of drug-likeness (QED) is 0.618. The zero-order chi connectivity index (χ0) is 22.9. The lowest BCUT2D eigenvalue weighted by atomic mass is 9.98. The fourth-order valence-electron chi connectivity index (χ4n) is 3.81. The first-order chi connectivity index (χ1) is 15.1. The molecule has 168 valence electrons. The van der Waals surface area contributed by atoms with Crippen LogP contribution in [0, 0.1) is 0 Å². The van der Waals surface area contributed by atoms with Crippen molar-refractivity contribution in [1.29, 1.82) is 0 Å². The third kappa shape index (κ3) is 4.61. The molecule has 6 nitrogen and oxygen atoms in total. The first kappa shape index (κ1) is 22.2. The molecule has 1 fully saturated rings. The second-order valence-corrected chi connectivity index (χ2v) is 9.14. The first-order valence-electron chi connectivity index (χ1n) is 10.1. The summed E-state index contributed by atoms with van der Waals surface area (Å²) in [5.41, 5.74) is 1.27. The molecule has 1 aliphatic heterocycles. The van der Waals surface area contributed by atoms with Gasteiger partial charge in [-0.25, -0.2) is 23.5 Å². The van der Waals surface area contributed by atoms with E-state index in [1.807, 2.05) is 4.90 Å². The van der Waals surface area contributed by atoms with Gasteiger partial charge in [-0.15, -0.1) is 0 Å². The van der Waals surface area contributed by atoms with Crippen molar-refractivity contribution in [2.45, 2.75) is 30.3 Å². The molecule has 2 N–H and O–H groups in total. The monoisotopic (exact) mass is 462 g/mol. The lowest BCUT2D eigenvalue weighted by molar-refractivity contribution is -0.144. The molecular weight excluding hydrogens is 441 g/mol. The van der Waals surface area contributed by atoms with Crippen LogP contribution in [0.4, 0.5) is 19.0 Å². The minimum absolute atomic E-state index is 0.0834. The van der Waals surface area contributed by atoms with Crippen molar-refractivity contribution in [2.75, 3.05) is 18.0 Å². The summed E-state index contributed by atoms with van der Waals surface area (Å²) in [7, 11) is -4.01. The number of hydrogen-bond acceptors (Lipinski definition) is 5. The van der Waals surface area contributed by atoms with E-state index in [9.17, 15) is 21.6 Å². The molecule has 2 heterocycles. The number of sulfonamides is 1. The van der Waals surface area contributed by atoms with Crippen LogP contribution in [0.25, 0.3) is 22.4 Å². The maximum atomic E-state index is 13.7. The van der Waals surface area contributed by atoms with Crippen LogP contribution in [0.1, 0.15) is 25.1 Å². The van der Waals surface area contributed by atoms with Crippen LogP contribution in [-0.4, -0.2) is 31.5 Å². The Morgan fingerprint density at radius 1 is 0.875 bits per heavy atom. The van der Waals surface area contributed by atoms with E-state index in [4.69, 9.17) is 5.14 Å². The SMILES string of the molecule is NS(=O)(=O)c1cccc(-c2c(-c3ccccc3)nc(C(F)(F)F)nc2N2CCCCC2)c1. The smallest absolute Gasteiger partial charge is 0.356 e. The number of rotatable bonds is 4. The van der Waals surface area contributed by atoms with Gasteiger partial charge in [0.25, 0.3) is 0 Å². The minimum Gasteiger partial charge on any atom is -0.356 e. The predicted octanol–water partition coefficient (Wildman–Crippen LogP) is 4.47. The van der Waals surface area contributed by atoms with Gasteiger partial charge in [0, 0.05) is 18.7 Å². The van der Waals surface area contributed by atoms with Crippen LogP contribution in [-0.2, 0) is 16.2 Å². The average molecular weight is 462 g/mol. The fraction of sp³-hybridized carbons (Fsp3) is 0.273. The van der Waals surface area contributed by atoms with Gasteiger partial charge in [0.05, 0.1) is 16.2 Å². The summed E-state index contributed by atoms with van der Waals surface area (Å²) >= 11 is 0. The van der Waals surface area contributed by atoms with E-state index >= 15 is 0 Å². The molecule has 0 unspecified atom stereocenters. The topological polar surface area (TPSA) is 89.2 Å². The maximum Gasteiger partial charge on any atom is 0.451 e. The Kier molecular flexibility index (Phi) is 5.91. The van der Waals surface area contributed by atoms with Gasteiger partial charge in [0.2, 0.25) is 15.8 Å². The summed E-state index contributed by atoms with van der Waals surface area (Å²) in [5.74, 6) is -1.10. The van der Waals surface area contributed by atoms with Crippen molar-refractivity contribution in [3.63, 3.8) is 0 Å². The Bertz CT molecular complexity index is 1230. The highest BCUT2D eigenvalue weighted by atomic mass is 32.2. The molecule has 0 atom stereocenters. The number of alkyl halides is 3. The Morgan fingerprint density at radius 2 is 1.53 bits per heavy atom. The van der Waals surface area contributed by atoms with Gasteiger partial charge in [0.15, 0.2) is 0 Å². The van der Waals surface area contributed by atoms with Crippen LogP contribution in [0.15, 0.2) is 59.5 Å². The van der Waals surface area contributed by atoms with E-state index in [1.165, 1.54) is 18.2 Å². The number of aromatic nitrogens is 2. The number of primary sulfonamides is 1. The Balaban J connectivity index is 2.06. The third-order valence-electron chi connectivity index (χ3n) is 5.30. The highest BCUT2D eigenvalue weighted by Gasteiger charge is 2.37. The number of piperidine rings is 1. The van der Waals surface area contributed by atoms with Gasteiger partial charge in [-0.1, -0.05) is 42.5 Å². The largest absolute Gasteiger partial charge is 0.451 e. The molecule has 4 rings (SSSR count). The molecule has 0 bridgehead atoms. The van der Waals surface area contributed by atoms with E-state index in [0.29, 0.717) is 29.8 Å². The van der Waals surface area contributed by atoms with Gasteiger partial charge in [-0.3, -0.25) is 0 Å². The second kappa shape index (κ2) is 8.51. The van der Waals surface area contributed by atoms with Crippen LogP contribution >= 0.6 is 0 Å². The Labute approximate surface area is 184 Å². The number of hydrogen-bond donors (Lipinski definition) is 1. The molecule has 0 amide bonds. The van der Waals surface area contributed by atoms with E-state index in [1.54, 1.807) is 36.4 Å². The fourth-order valence-corrected chi connectivity index (χ4v) is 4.37. The van der Waals surface area contributed by atoms with Crippen molar-refractivity contribution in [2.24, 2.45) is 5.14 Å². The van der Waals surface area contributed by atoms with Crippen LogP contribution in [0.2, 0.25) is 0 Å². The number of benzene rings is 2. The molecule has 10 heteroatoms. The summed E-state index contributed by atoms with van der Waals surface area (Å²) in [5, 5.41) is 5.30. The first-order valence-corrected chi connectivity index (χ1v) is 11.6. The normalized spacial score (nSPS) is 15.1. The summed E-state index contributed by atoms with van der Waals surface area (Å²) in [4.78, 5) is 9.50. The average Bonchev–Trinajstić information content (AvgIpc) is 2.78. The molecule has 3 aromatic rings. The van der Waals surface area contributed by atoms with Crippen LogP contribution < -0.4 is 10.0 Å². The molecule has 0 spiro atoms. The van der Waals surface area contributed by atoms with Gasteiger partial charge in [-0.05, 0) is 37.0 Å². The zero-order valence-electron chi connectivity index (χ0n) is 17.0. The summed E-state index contributed by atoms with van der Waals surface area (Å²) in [6.45, 7) is 1.09. The standard InChI is InChI=1S/C22H21F3N4O2S/c23-22(24,25)21-27-19(15-8-3-1-4-9-15)18(20(28-21)29-12-5-2-6-13-29)16-10-7-11-17(14-16)32(26,30)31/h1,3-4,7-11,14H,2,5-6,12-13H2,(H2,26,30,31). The van der Waals surface area contributed by atoms with Crippen molar-refractivity contribution in [3.8, 4) is 22.4 Å². The minimum atomic E-state index is -4.74. The van der Waals surface area contributed by atoms with Crippen LogP contribution in [0.3, 0.4) is 0 Å². The molecule has 32 heavy (non-hydrogen) atoms. The molecular formula is C22H21F3N4O2S. The second-order valence-electron chi connectivity index (χ2n) is 7.58. The van der Waals surface area contributed by atoms with Crippen molar-refractivity contribution in [1.82, 2.24) is 9.97 Å². The Morgan fingerprint density at radius 3 is 2.16 bits per heavy atom. The summed E-state index contributed by atoms with van der Waals surface area (Å²) in [6, 6.07) is 14.3. The highest BCUT2D eigenvalue weighted by molar-refractivity contribution is 7.89. The van der Waals surface area contributed by atoms with Crippen LogP contribution in [0.5, 0.6) is 0 Å². The lowest BCUT2D eigenvalue weighted by Gasteiger charge is -2.31. The zero-order valence-corrected chi connectivity index (χ0v) is 17.8. The van der Waals surface area contributed by atoms with E-state index in [-0.39, 0.29) is 16.4 Å². The molecule has 1 saturated heterocycles.